The van der Waals surface area contributed by atoms with E-state index in [-0.39, 0.29) is 76.2 Å². The lowest BCUT2D eigenvalue weighted by molar-refractivity contribution is -0.142. The molecule has 19 heteroatoms. The molecule has 65 heavy (non-hydrogen) atoms. The number of primary amides is 1. The molecule has 2 unspecified atom stereocenters. The first-order valence-electron chi connectivity index (χ1n) is 22.6. The number of fused-ring (bicyclic) bond motifs is 2. The first-order valence-corrected chi connectivity index (χ1v) is 22.6. The van der Waals surface area contributed by atoms with Crippen LogP contribution >= 0.6 is 0 Å². The number of guanidine groups is 1. The number of aliphatic hydroxyl groups excluding tert-OH is 1. The molecular formula is C46H65N11O8. The fourth-order valence-electron chi connectivity index (χ4n) is 8.31. The number of carbonyl (C=O) groups is 7. The monoisotopic (exact) mass is 900 g/mol. The third kappa shape index (κ3) is 15.1. The van der Waals surface area contributed by atoms with Gasteiger partial charge in [-0.15, -0.1) is 0 Å². The van der Waals surface area contributed by atoms with E-state index >= 15 is 0 Å². The van der Waals surface area contributed by atoms with Gasteiger partial charge in [0.05, 0.1) is 6.10 Å². The Morgan fingerprint density at radius 3 is 2.22 bits per heavy atom. The highest BCUT2D eigenvalue weighted by molar-refractivity contribution is 5.97. The summed E-state index contributed by atoms with van der Waals surface area (Å²) in [6.45, 7) is 2.93. The number of nitrogens with two attached hydrogens (primary N) is 2. The van der Waals surface area contributed by atoms with Crippen molar-refractivity contribution in [3.63, 3.8) is 0 Å². The highest BCUT2D eigenvalue weighted by atomic mass is 16.3. The molecule has 3 heterocycles. The van der Waals surface area contributed by atoms with Gasteiger partial charge in [-0.25, -0.2) is 0 Å². The summed E-state index contributed by atoms with van der Waals surface area (Å²) in [4.78, 5) is 101. The molecule has 2 aromatic carbocycles. The third-order valence-corrected chi connectivity index (χ3v) is 12.0. The van der Waals surface area contributed by atoms with Crippen molar-refractivity contribution in [3.8, 4) is 0 Å². The van der Waals surface area contributed by atoms with Gasteiger partial charge in [-0.3, -0.25) is 39.0 Å². The molecule has 19 nitrogen and oxygen atoms in total. The molecule has 0 bridgehead atoms. The van der Waals surface area contributed by atoms with Crippen molar-refractivity contribution in [1.29, 1.82) is 5.41 Å². The minimum atomic E-state index is -1.28. The Labute approximate surface area is 378 Å². The maximum absolute atomic E-state index is 14.5. The van der Waals surface area contributed by atoms with Gasteiger partial charge in [0.1, 0.15) is 36.0 Å². The van der Waals surface area contributed by atoms with Gasteiger partial charge in [-0.1, -0.05) is 55.5 Å². The van der Waals surface area contributed by atoms with Crippen molar-refractivity contribution in [2.45, 2.75) is 120 Å². The normalized spacial score (nSPS) is 25.4. The minimum Gasteiger partial charge on any atom is -0.391 e. The Kier molecular flexibility index (Phi) is 18.8. The van der Waals surface area contributed by atoms with Crippen molar-refractivity contribution in [3.05, 3.63) is 71.9 Å². The highest BCUT2D eigenvalue weighted by Gasteiger charge is 2.42. The minimum absolute atomic E-state index is 0.000182. The topological polar surface area (TPSA) is 307 Å². The van der Waals surface area contributed by atoms with Gasteiger partial charge in [-0.05, 0) is 75.2 Å². The van der Waals surface area contributed by atoms with E-state index in [9.17, 15) is 38.7 Å². The number of benzene rings is 2. The zero-order chi connectivity index (χ0) is 46.9. The number of para-hydroxylation sites is 1. The van der Waals surface area contributed by atoms with Crippen LogP contribution in [0.15, 0.2) is 60.8 Å². The van der Waals surface area contributed by atoms with Crippen LogP contribution in [0.1, 0.15) is 82.3 Å². The second kappa shape index (κ2) is 24.6. The van der Waals surface area contributed by atoms with E-state index in [1.165, 1.54) is 4.90 Å². The quantitative estimate of drug-likeness (QED) is 0.0780. The van der Waals surface area contributed by atoms with Crippen molar-refractivity contribution in [2.24, 2.45) is 17.4 Å². The van der Waals surface area contributed by atoms with Crippen molar-refractivity contribution in [1.82, 2.24) is 41.8 Å². The molecule has 3 aromatic rings. The first kappa shape index (κ1) is 49.7. The SMILES string of the molecule is C[C@H]1CCC(=O)CCCNCCCC[C@@H](C(N)=O)NC(=O)[C@H](Cc2c[nH]c3ccccc23)NC(=O)C(CCCNC(=N)N)NC(=O)[C@@H](Cc2ccccc2)NC(=O)C2C[C@@H](O)CN2C1=O. The standard InChI is InChI=1S/C46H65N11O8/c1-28-18-19-31(58)13-9-21-50-20-8-7-16-35(40(47)60)53-43(63)38(24-30-26-52-34-15-6-5-14-33(30)34)55-41(61)36(17-10-22-51-46(48)49)54-42(62)37(23-29-11-3-2-4-12-29)56-44(64)39-25-32(59)27-57(39)45(28)65/h2-6,11-12,14-15,26,28,32,35-39,50,52,59H,7-10,13,16-25,27H2,1H3,(H2,47,60)(H,53,63)(H,54,62)(H,55,61)(H,56,64)(H4,48,49,51)/t28-,32+,35-,36?,37+,38-,39?/m0/s1. The van der Waals surface area contributed by atoms with Crippen molar-refractivity contribution < 1.29 is 38.7 Å². The second-order valence-corrected chi connectivity index (χ2v) is 17.1. The van der Waals surface area contributed by atoms with Gasteiger partial charge in [-0.2, -0.15) is 0 Å². The summed E-state index contributed by atoms with van der Waals surface area (Å²) in [7, 11) is 0. The Bertz CT molecular complexity index is 2130. The van der Waals surface area contributed by atoms with Crippen LogP contribution in [0.2, 0.25) is 0 Å². The summed E-state index contributed by atoms with van der Waals surface area (Å²) in [5, 5.41) is 36.2. The number of aliphatic hydroxyl groups is 1. The van der Waals surface area contributed by atoms with E-state index < -0.39 is 77.7 Å². The summed E-state index contributed by atoms with van der Waals surface area (Å²) in [5.74, 6) is -4.85. The molecule has 2 saturated heterocycles. The lowest BCUT2D eigenvalue weighted by Crippen LogP contribution is -2.59. The molecule has 0 saturated carbocycles. The zero-order valence-corrected chi connectivity index (χ0v) is 37.0. The largest absolute Gasteiger partial charge is 0.391 e. The summed E-state index contributed by atoms with van der Waals surface area (Å²) in [6, 6.07) is 10.4. The third-order valence-electron chi connectivity index (χ3n) is 12.0. The number of nitrogens with zero attached hydrogens (tertiary/aromatic N) is 1. The number of hydrogen-bond donors (Lipinski definition) is 11. The smallest absolute Gasteiger partial charge is 0.243 e. The molecule has 5 rings (SSSR count). The molecule has 352 valence electrons. The van der Waals surface area contributed by atoms with Crippen LogP contribution in [0, 0.1) is 11.3 Å². The van der Waals surface area contributed by atoms with Gasteiger partial charge in [0.2, 0.25) is 35.4 Å². The molecular weight excluding hydrogens is 835 g/mol. The molecule has 13 N–H and O–H groups in total. The summed E-state index contributed by atoms with van der Waals surface area (Å²) in [5.41, 5.74) is 13.5. The number of amides is 6. The fourth-order valence-corrected chi connectivity index (χ4v) is 8.31. The maximum Gasteiger partial charge on any atom is 0.243 e. The number of H-pyrrole nitrogens is 1. The average molecular weight is 900 g/mol. The van der Waals surface area contributed by atoms with Gasteiger partial charge < -0.3 is 58.4 Å². The van der Waals surface area contributed by atoms with Crippen LogP contribution < -0.4 is 43.4 Å². The van der Waals surface area contributed by atoms with Gasteiger partial charge in [0.25, 0.3) is 0 Å². The summed E-state index contributed by atoms with van der Waals surface area (Å²) in [6.07, 6.45) is 3.66. The molecule has 0 spiro atoms. The van der Waals surface area contributed by atoms with Crippen LogP contribution in [-0.4, -0.2) is 125 Å². The van der Waals surface area contributed by atoms with E-state index in [0.29, 0.717) is 49.9 Å². The van der Waals surface area contributed by atoms with E-state index in [1.54, 1.807) is 43.5 Å². The Morgan fingerprint density at radius 2 is 1.46 bits per heavy atom. The van der Waals surface area contributed by atoms with Crippen LogP contribution in [0.25, 0.3) is 10.9 Å². The Balaban J connectivity index is 1.47. The van der Waals surface area contributed by atoms with Crippen molar-refractivity contribution >= 4 is 58.1 Å². The van der Waals surface area contributed by atoms with Crippen LogP contribution in [0.3, 0.4) is 0 Å². The van der Waals surface area contributed by atoms with Gasteiger partial charge in [0, 0.05) is 68.2 Å². The molecule has 6 amide bonds. The summed E-state index contributed by atoms with van der Waals surface area (Å²) < 4.78 is 0. The van der Waals surface area contributed by atoms with Crippen molar-refractivity contribution in [2.75, 3.05) is 26.2 Å². The summed E-state index contributed by atoms with van der Waals surface area (Å²) >= 11 is 0. The van der Waals surface area contributed by atoms with Gasteiger partial charge >= 0.3 is 0 Å². The number of carbonyl (C=O) groups excluding carboxylic acids is 7. The predicted molar refractivity (Wildman–Crippen MR) is 244 cm³/mol. The molecule has 2 aliphatic heterocycles. The average Bonchev–Trinajstić information content (AvgIpc) is 3.89. The first-order chi connectivity index (χ1) is 31.2. The molecule has 0 radical (unpaired) electrons. The molecule has 1 aromatic heterocycles. The van der Waals surface area contributed by atoms with Crippen LogP contribution in [0.4, 0.5) is 0 Å². The number of hydrogen-bond acceptors (Lipinski definition) is 10. The Hall–Kier alpha value is -6.34. The van der Waals surface area contributed by atoms with E-state index in [2.05, 4.69) is 36.9 Å². The van der Waals surface area contributed by atoms with E-state index in [0.717, 1.165) is 10.9 Å². The molecule has 2 fully saturated rings. The number of nitrogens with one attached hydrogen (secondary N) is 8. The van der Waals surface area contributed by atoms with Crippen LogP contribution in [0.5, 0.6) is 0 Å². The predicted octanol–water partition coefficient (Wildman–Crippen LogP) is 0.142. The fraction of sp³-hybridized carbons (Fsp3) is 0.522. The van der Waals surface area contributed by atoms with Crippen LogP contribution in [-0.2, 0) is 46.4 Å². The number of Topliss-reactive ketones (excluding diaryl/α,β-unsaturated/α-hetero) is 1. The lowest BCUT2D eigenvalue weighted by Gasteiger charge is -2.29. The number of rotatable bonds is 9. The number of aromatic nitrogens is 1. The van der Waals surface area contributed by atoms with E-state index in [1.807, 2.05) is 24.3 Å². The Morgan fingerprint density at radius 1 is 0.800 bits per heavy atom. The van der Waals surface area contributed by atoms with E-state index in [4.69, 9.17) is 16.9 Å². The molecule has 7 atom stereocenters. The number of ketones is 1. The molecule has 2 aliphatic rings. The lowest BCUT2D eigenvalue weighted by atomic mass is 9.99. The maximum atomic E-state index is 14.5. The highest BCUT2D eigenvalue weighted by Crippen LogP contribution is 2.24. The zero-order valence-electron chi connectivity index (χ0n) is 37.0. The number of aromatic amines is 1. The van der Waals surface area contributed by atoms with Gasteiger partial charge in [0.15, 0.2) is 5.96 Å². The molecule has 0 aliphatic carbocycles. The second-order valence-electron chi connectivity index (χ2n) is 17.1.